The number of aliphatic hydroxyl groups excluding tert-OH is 1. The zero-order chi connectivity index (χ0) is 10.8. The zero-order valence-electron chi connectivity index (χ0n) is 9.18. The minimum absolute atomic E-state index is 0.203. The molecule has 15 heavy (non-hydrogen) atoms. The van der Waals surface area contributed by atoms with E-state index in [-0.39, 0.29) is 12.6 Å². The minimum Gasteiger partial charge on any atom is -0.395 e. The first kappa shape index (κ1) is 10.6. The lowest BCUT2D eigenvalue weighted by atomic mass is 10.0. The van der Waals surface area contributed by atoms with E-state index in [0.717, 1.165) is 13.0 Å². The molecular weight excluding hydrogens is 194 g/mol. The van der Waals surface area contributed by atoms with Crippen LogP contribution in [-0.2, 0) is 6.54 Å². The second-order valence-electron chi connectivity index (χ2n) is 4.22. The molecular formula is C10H17N3O2. The van der Waals surface area contributed by atoms with Crippen LogP contribution >= 0.6 is 0 Å². The van der Waals surface area contributed by atoms with Crippen molar-refractivity contribution in [2.45, 2.75) is 32.9 Å². The number of hydrogen-bond donors (Lipinski definition) is 1. The van der Waals surface area contributed by atoms with Crippen LogP contribution in [0.2, 0.25) is 0 Å². The molecule has 2 rings (SSSR count). The summed E-state index contributed by atoms with van der Waals surface area (Å²) in [6, 6.07) is 0.234. The summed E-state index contributed by atoms with van der Waals surface area (Å²) in [6.45, 7) is 5.82. The molecule has 0 bridgehead atoms. The van der Waals surface area contributed by atoms with Gasteiger partial charge in [-0.25, -0.2) is 0 Å². The highest BCUT2D eigenvalue weighted by Gasteiger charge is 2.31. The molecule has 0 saturated carbocycles. The molecule has 1 N–H and O–H groups in total. The minimum atomic E-state index is 0.203. The summed E-state index contributed by atoms with van der Waals surface area (Å²) in [6.07, 6.45) is 1.12. The van der Waals surface area contributed by atoms with Crippen LogP contribution in [0.4, 0.5) is 0 Å². The molecule has 1 aromatic heterocycles. The molecule has 0 radical (unpaired) electrons. The zero-order valence-corrected chi connectivity index (χ0v) is 9.18. The maximum Gasteiger partial charge on any atom is 0.240 e. The fourth-order valence-corrected chi connectivity index (χ4v) is 2.16. The van der Waals surface area contributed by atoms with Crippen LogP contribution in [0.5, 0.6) is 0 Å². The lowest BCUT2D eigenvalue weighted by Gasteiger charge is -2.22. The van der Waals surface area contributed by atoms with Crippen LogP contribution in [0.15, 0.2) is 4.52 Å². The monoisotopic (exact) mass is 211 g/mol. The van der Waals surface area contributed by atoms with Crippen LogP contribution < -0.4 is 0 Å². The van der Waals surface area contributed by atoms with Gasteiger partial charge >= 0.3 is 0 Å². The van der Waals surface area contributed by atoms with Gasteiger partial charge in [-0.15, -0.1) is 0 Å². The Morgan fingerprint density at radius 2 is 2.40 bits per heavy atom. The fourth-order valence-electron chi connectivity index (χ4n) is 2.16. The summed E-state index contributed by atoms with van der Waals surface area (Å²) in [5, 5.41) is 13.0. The summed E-state index contributed by atoms with van der Waals surface area (Å²) in [5.74, 6) is 1.84. The van der Waals surface area contributed by atoms with Crippen molar-refractivity contribution in [2.24, 2.45) is 5.92 Å². The highest BCUT2D eigenvalue weighted by molar-refractivity contribution is 4.89. The van der Waals surface area contributed by atoms with Gasteiger partial charge in [0.15, 0.2) is 5.82 Å². The molecule has 1 aromatic rings. The Hall–Kier alpha value is -0.940. The van der Waals surface area contributed by atoms with E-state index >= 15 is 0 Å². The van der Waals surface area contributed by atoms with Crippen molar-refractivity contribution < 1.29 is 9.63 Å². The van der Waals surface area contributed by atoms with E-state index in [2.05, 4.69) is 22.0 Å². The van der Waals surface area contributed by atoms with Gasteiger partial charge in [-0.3, -0.25) is 4.90 Å². The summed E-state index contributed by atoms with van der Waals surface area (Å²) in [5.41, 5.74) is 0. The van der Waals surface area contributed by atoms with Crippen LogP contribution in [0.1, 0.15) is 25.1 Å². The third-order valence-corrected chi connectivity index (χ3v) is 3.09. The first-order valence-electron chi connectivity index (χ1n) is 5.35. The number of aliphatic hydroxyl groups is 1. The maximum atomic E-state index is 9.28. The number of aromatic nitrogens is 2. The van der Waals surface area contributed by atoms with E-state index in [0.29, 0.717) is 24.2 Å². The molecule has 0 amide bonds. The van der Waals surface area contributed by atoms with Crippen molar-refractivity contribution in [3.63, 3.8) is 0 Å². The molecule has 0 spiro atoms. The van der Waals surface area contributed by atoms with Gasteiger partial charge in [0, 0.05) is 6.04 Å². The van der Waals surface area contributed by atoms with E-state index in [1.54, 1.807) is 0 Å². The molecule has 84 valence electrons. The Bertz CT molecular complexity index is 326. The number of likely N-dealkylation sites (tertiary alicyclic amines) is 1. The Morgan fingerprint density at radius 1 is 1.60 bits per heavy atom. The first-order chi connectivity index (χ1) is 7.20. The Kier molecular flexibility index (Phi) is 3.02. The largest absolute Gasteiger partial charge is 0.395 e. The van der Waals surface area contributed by atoms with Gasteiger partial charge < -0.3 is 9.63 Å². The first-order valence-corrected chi connectivity index (χ1v) is 5.35. The van der Waals surface area contributed by atoms with E-state index in [9.17, 15) is 5.11 Å². The number of nitrogens with zero attached hydrogens (tertiary/aromatic N) is 3. The van der Waals surface area contributed by atoms with Crippen LogP contribution in [0, 0.1) is 12.8 Å². The number of aryl methyl sites for hydroxylation is 1. The highest BCUT2D eigenvalue weighted by Crippen LogP contribution is 2.24. The van der Waals surface area contributed by atoms with Gasteiger partial charge in [0.05, 0.1) is 13.2 Å². The predicted molar refractivity (Wildman–Crippen MR) is 54.1 cm³/mol. The van der Waals surface area contributed by atoms with Crippen molar-refractivity contribution >= 4 is 0 Å². The van der Waals surface area contributed by atoms with Gasteiger partial charge in [-0.05, 0) is 25.8 Å². The molecule has 0 aromatic carbocycles. The van der Waals surface area contributed by atoms with Crippen LogP contribution in [0.3, 0.4) is 0 Å². The van der Waals surface area contributed by atoms with E-state index in [1.165, 1.54) is 0 Å². The molecule has 2 unspecified atom stereocenters. The Balaban J connectivity index is 2.00. The molecule has 5 heteroatoms. The molecule has 1 fully saturated rings. The van der Waals surface area contributed by atoms with Gasteiger partial charge in [0.25, 0.3) is 0 Å². The lowest BCUT2D eigenvalue weighted by Crippen LogP contribution is -2.34. The Labute approximate surface area is 89.1 Å². The van der Waals surface area contributed by atoms with Gasteiger partial charge in [0.2, 0.25) is 5.89 Å². The van der Waals surface area contributed by atoms with Crippen molar-refractivity contribution in [3.05, 3.63) is 11.7 Å². The predicted octanol–water partition coefficient (Wildman–Crippen LogP) is 0.581. The quantitative estimate of drug-likeness (QED) is 0.792. The molecule has 1 aliphatic heterocycles. The molecule has 2 heterocycles. The molecule has 1 saturated heterocycles. The van der Waals surface area contributed by atoms with Crippen LogP contribution in [0.25, 0.3) is 0 Å². The summed E-state index contributed by atoms with van der Waals surface area (Å²) < 4.78 is 5.07. The third kappa shape index (κ3) is 2.18. The average Bonchev–Trinajstić information content (AvgIpc) is 2.75. The van der Waals surface area contributed by atoms with Gasteiger partial charge in [0.1, 0.15) is 0 Å². The summed E-state index contributed by atoms with van der Waals surface area (Å²) >= 11 is 0. The van der Waals surface area contributed by atoms with Crippen molar-refractivity contribution in [1.82, 2.24) is 15.0 Å². The second-order valence-corrected chi connectivity index (χ2v) is 4.22. The van der Waals surface area contributed by atoms with E-state index < -0.39 is 0 Å². The Morgan fingerprint density at radius 3 is 3.00 bits per heavy atom. The second kappa shape index (κ2) is 4.28. The topological polar surface area (TPSA) is 62.4 Å². The fraction of sp³-hybridized carbons (Fsp3) is 0.800. The third-order valence-electron chi connectivity index (χ3n) is 3.09. The molecule has 2 atom stereocenters. The van der Waals surface area contributed by atoms with Crippen molar-refractivity contribution in [3.8, 4) is 0 Å². The summed E-state index contributed by atoms with van der Waals surface area (Å²) in [4.78, 5) is 6.37. The number of rotatable bonds is 3. The lowest BCUT2D eigenvalue weighted by molar-refractivity contribution is 0.123. The normalized spacial score (nSPS) is 27.4. The van der Waals surface area contributed by atoms with Crippen molar-refractivity contribution in [2.75, 3.05) is 13.2 Å². The van der Waals surface area contributed by atoms with E-state index in [1.807, 2.05) is 6.92 Å². The maximum absolute atomic E-state index is 9.28. The average molecular weight is 211 g/mol. The van der Waals surface area contributed by atoms with Gasteiger partial charge in [-0.1, -0.05) is 12.1 Å². The van der Waals surface area contributed by atoms with E-state index in [4.69, 9.17) is 4.52 Å². The highest BCUT2D eigenvalue weighted by atomic mass is 16.5. The smallest absolute Gasteiger partial charge is 0.240 e. The SMILES string of the molecule is Cc1noc(CN2CCC(C)C2CO)n1. The van der Waals surface area contributed by atoms with Crippen LogP contribution in [-0.4, -0.2) is 39.3 Å². The molecule has 5 nitrogen and oxygen atoms in total. The van der Waals surface area contributed by atoms with Gasteiger partial charge in [-0.2, -0.15) is 4.98 Å². The van der Waals surface area contributed by atoms with Crippen molar-refractivity contribution in [1.29, 1.82) is 0 Å². The molecule has 1 aliphatic rings. The standard InChI is InChI=1S/C10H17N3O2/c1-7-3-4-13(9(7)6-14)5-10-11-8(2)12-15-10/h7,9,14H,3-6H2,1-2H3. The molecule has 0 aliphatic carbocycles. The number of hydrogen-bond acceptors (Lipinski definition) is 5. The summed E-state index contributed by atoms with van der Waals surface area (Å²) in [7, 11) is 0.